The van der Waals surface area contributed by atoms with Crippen molar-refractivity contribution < 1.29 is 9.66 Å². The van der Waals surface area contributed by atoms with Crippen LogP contribution in [0.4, 0.5) is 17.1 Å². The first-order chi connectivity index (χ1) is 17.6. The van der Waals surface area contributed by atoms with Gasteiger partial charge in [-0.3, -0.25) is 20.1 Å². The highest BCUT2D eigenvalue weighted by Crippen LogP contribution is 2.31. The van der Waals surface area contributed by atoms with Crippen molar-refractivity contribution in [2.75, 3.05) is 7.11 Å². The summed E-state index contributed by atoms with van der Waals surface area (Å²) in [5.41, 5.74) is 7.80. The number of rotatable bonds is 10. The largest absolute Gasteiger partial charge is 0.496 e. The van der Waals surface area contributed by atoms with Crippen LogP contribution in [0.2, 0.25) is 0 Å². The van der Waals surface area contributed by atoms with Crippen LogP contribution in [-0.2, 0) is 6.42 Å². The molecule has 190 valence electrons. The molecule has 0 aliphatic heterocycles. The average Bonchev–Trinajstić information content (AvgIpc) is 2.87. The minimum atomic E-state index is -0.397. The molecule has 0 saturated carbocycles. The SMILES string of the molecule is C=C(C)c1ccccc1/N=C(\C)C(Cc1cc([N+](=O)[O-])ccc1OC)/C(C)=N/c1ccccc1C(=C)C. The maximum Gasteiger partial charge on any atom is 0.269 e. The summed E-state index contributed by atoms with van der Waals surface area (Å²) in [4.78, 5) is 21.1. The van der Waals surface area contributed by atoms with E-state index in [2.05, 4.69) is 13.2 Å². The second-order valence-electron chi connectivity index (χ2n) is 9.11. The molecule has 0 unspecified atom stereocenters. The lowest BCUT2D eigenvalue weighted by molar-refractivity contribution is -0.384. The van der Waals surface area contributed by atoms with Crippen LogP contribution in [0.1, 0.15) is 44.4 Å². The summed E-state index contributed by atoms with van der Waals surface area (Å²) >= 11 is 0. The molecule has 6 heteroatoms. The Kier molecular flexibility index (Phi) is 8.90. The summed E-state index contributed by atoms with van der Waals surface area (Å²) in [6.07, 6.45) is 0.431. The molecule has 0 atom stereocenters. The van der Waals surface area contributed by atoms with Crippen molar-refractivity contribution in [1.82, 2.24) is 0 Å². The van der Waals surface area contributed by atoms with Gasteiger partial charge in [-0.25, -0.2) is 0 Å². The zero-order chi connectivity index (χ0) is 27.1. The Balaban J connectivity index is 2.17. The predicted octanol–water partition coefficient (Wildman–Crippen LogP) is 8.41. The molecule has 0 radical (unpaired) electrons. The third-order valence-corrected chi connectivity index (χ3v) is 6.23. The van der Waals surface area contributed by atoms with Gasteiger partial charge in [0.2, 0.25) is 0 Å². The maximum atomic E-state index is 11.5. The van der Waals surface area contributed by atoms with Crippen LogP contribution in [-0.4, -0.2) is 23.5 Å². The summed E-state index contributed by atoms with van der Waals surface area (Å²) in [7, 11) is 1.56. The summed E-state index contributed by atoms with van der Waals surface area (Å²) in [6.45, 7) is 16.0. The summed E-state index contributed by atoms with van der Waals surface area (Å²) in [5.74, 6) is 0.341. The van der Waals surface area contributed by atoms with E-state index < -0.39 is 4.92 Å². The molecule has 0 aliphatic rings. The Morgan fingerprint density at radius 1 is 0.865 bits per heavy atom. The highest BCUT2D eigenvalue weighted by molar-refractivity contribution is 6.08. The number of non-ortho nitro benzene ring substituents is 1. The Labute approximate surface area is 218 Å². The number of nitro benzene ring substituents is 1. The van der Waals surface area contributed by atoms with Crippen LogP contribution >= 0.6 is 0 Å². The number of para-hydroxylation sites is 2. The van der Waals surface area contributed by atoms with Gasteiger partial charge in [0.05, 0.1) is 23.4 Å². The van der Waals surface area contributed by atoms with Crippen LogP contribution in [0, 0.1) is 16.0 Å². The zero-order valence-corrected chi connectivity index (χ0v) is 22.1. The van der Waals surface area contributed by atoms with Crippen LogP contribution in [0.3, 0.4) is 0 Å². The first-order valence-electron chi connectivity index (χ1n) is 12.0. The monoisotopic (exact) mass is 495 g/mol. The number of ether oxygens (including phenoxy) is 1. The van der Waals surface area contributed by atoms with Crippen LogP contribution < -0.4 is 4.74 Å². The minimum absolute atomic E-state index is 0.0130. The molecule has 3 rings (SSSR count). The molecular formula is C31H33N3O3. The third kappa shape index (κ3) is 6.67. The highest BCUT2D eigenvalue weighted by Gasteiger charge is 2.22. The highest BCUT2D eigenvalue weighted by atomic mass is 16.6. The molecule has 6 nitrogen and oxygen atoms in total. The van der Waals surface area contributed by atoms with E-state index in [0.717, 1.165) is 45.1 Å². The second-order valence-corrected chi connectivity index (χ2v) is 9.11. The van der Waals surface area contributed by atoms with Gasteiger partial charge >= 0.3 is 0 Å². The van der Waals surface area contributed by atoms with E-state index >= 15 is 0 Å². The molecule has 0 aromatic heterocycles. The van der Waals surface area contributed by atoms with Gasteiger partial charge in [-0.1, -0.05) is 49.6 Å². The van der Waals surface area contributed by atoms with Gasteiger partial charge in [-0.2, -0.15) is 0 Å². The van der Waals surface area contributed by atoms with Crippen molar-refractivity contribution in [3.8, 4) is 5.75 Å². The molecule has 0 saturated heterocycles. The summed E-state index contributed by atoms with van der Waals surface area (Å²) in [5, 5.41) is 11.5. The Morgan fingerprint density at radius 3 is 1.78 bits per heavy atom. The Hall–Kier alpha value is -4.32. The topological polar surface area (TPSA) is 77.1 Å². The van der Waals surface area contributed by atoms with E-state index in [9.17, 15) is 10.1 Å². The van der Waals surface area contributed by atoms with Crippen LogP contribution in [0.5, 0.6) is 5.75 Å². The smallest absolute Gasteiger partial charge is 0.269 e. The van der Waals surface area contributed by atoms with E-state index in [4.69, 9.17) is 14.7 Å². The first-order valence-corrected chi connectivity index (χ1v) is 12.0. The fourth-order valence-electron chi connectivity index (χ4n) is 4.26. The number of hydrogen-bond donors (Lipinski definition) is 0. The predicted molar refractivity (Wildman–Crippen MR) is 155 cm³/mol. The van der Waals surface area contributed by atoms with Gasteiger partial charge < -0.3 is 4.74 Å². The quantitative estimate of drug-likeness (QED) is 0.161. The first kappa shape index (κ1) is 27.3. The average molecular weight is 496 g/mol. The van der Waals surface area contributed by atoms with Gasteiger partial charge in [0.15, 0.2) is 0 Å². The fraction of sp³-hybridized carbons (Fsp3) is 0.226. The van der Waals surface area contributed by atoms with E-state index in [0.29, 0.717) is 17.7 Å². The number of nitro groups is 1. The van der Waals surface area contributed by atoms with Gasteiger partial charge in [-0.15, -0.1) is 0 Å². The third-order valence-electron chi connectivity index (χ3n) is 6.23. The van der Waals surface area contributed by atoms with Crippen molar-refractivity contribution in [1.29, 1.82) is 0 Å². The molecule has 0 spiro atoms. The van der Waals surface area contributed by atoms with Gasteiger partial charge in [0.1, 0.15) is 5.75 Å². The molecule has 0 heterocycles. The Morgan fingerprint density at radius 2 is 1.35 bits per heavy atom. The van der Waals surface area contributed by atoms with E-state index in [1.54, 1.807) is 19.2 Å². The van der Waals surface area contributed by atoms with Gasteiger partial charge in [-0.05, 0) is 63.5 Å². The van der Waals surface area contributed by atoms with Crippen molar-refractivity contribution in [2.24, 2.45) is 15.9 Å². The molecule has 0 N–H and O–H groups in total. The lowest BCUT2D eigenvalue weighted by Gasteiger charge is -2.20. The minimum Gasteiger partial charge on any atom is -0.496 e. The maximum absolute atomic E-state index is 11.5. The molecule has 0 bridgehead atoms. The number of benzene rings is 3. The standard InChI is InChI=1S/C31H33N3O3/c1-20(2)26-12-8-10-14-29(26)32-22(5)28(19-24-18-25(34(35)36)16-17-31(24)37-7)23(6)33-30-15-11-9-13-27(30)21(3)4/h8-18,28H,1,3,19H2,2,4-7H3/b32-22+,33-23+. The van der Waals surface area contributed by atoms with Crippen molar-refractivity contribution in [3.05, 3.63) is 107 Å². The van der Waals surface area contributed by atoms with Gasteiger partial charge in [0.25, 0.3) is 5.69 Å². The van der Waals surface area contributed by atoms with Crippen molar-refractivity contribution >= 4 is 39.6 Å². The van der Waals surface area contributed by atoms with Crippen molar-refractivity contribution in [3.63, 3.8) is 0 Å². The molecule has 0 fully saturated rings. The van der Waals surface area contributed by atoms with E-state index in [1.807, 2.05) is 76.2 Å². The van der Waals surface area contributed by atoms with E-state index in [1.165, 1.54) is 6.07 Å². The lowest BCUT2D eigenvalue weighted by Crippen LogP contribution is -2.23. The molecule has 3 aromatic carbocycles. The number of methoxy groups -OCH3 is 1. The number of aliphatic imine (C=N–C) groups is 2. The molecule has 3 aromatic rings. The molecular weight excluding hydrogens is 462 g/mol. The summed E-state index contributed by atoms with van der Waals surface area (Å²) < 4.78 is 5.55. The number of allylic oxidation sites excluding steroid dienone is 2. The second kappa shape index (κ2) is 12.1. The molecule has 0 amide bonds. The number of hydrogen-bond acceptors (Lipinski definition) is 5. The van der Waals surface area contributed by atoms with Crippen molar-refractivity contribution in [2.45, 2.75) is 34.1 Å². The number of nitrogens with zero attached hydrogens (tertiary/aromatic N) is 3. The fourth-order valence-corrected chi connectivity index (χ4v) is 4.26. The Bertz CT molecular complexity index is 1330. The zero-order valence-electron chi connectivity index (χ0n) is 22.1. The normalized spacial score (nSPS) is 12.7. The molecule has 37 heavy (non-hydrogen) atoms. The summed E-state index contributed by atoms with van der Waals surface area (Å²) in [6, 6.07) is 20.4. The van der Waals surface area contributed by atoms with Crippen LogP contribution in [0.15, 0.2) is 89.9 Å². The molecule has 0 aliphatic carbocycles. The van der Waals surface area contributed by atoms with Crippen LogP contribution in [0.25, 0.3) is 11.1 Å². The van der Waals surface area contributed by atoms with E-state index in [-0.39, 0.29) is 11.6 Å². The van der Waals surface area contributed by atoms with Gasteiger partial charge in [0, 0.05) is 46.2 Å². The lowest BCUT2D eigenvalue weighted by atomic mass is 9.90.